The van der Waals surface area contributed by atoms with E-state index in [4.69, 9.17) is 9.15 Å². The van der Waals surface area contributed by atoms with Crippen molar-refractivity contribution in [3.63, 3.8) is 0 Å². The first-order valence-corrected chi connectivity index (χ1v) is 10.4. The van der Waals surface area contributed by atoms with Crippen molar-refractivity contribution in [2.24, 2.45) is 0 Å². The average molecular weight is 412 g/mol. The topological polar surface area (TPSA) is 77.2 Å². The highest BCUT2D eigenvalue weighted by Gasteiger charge is 2.15. The van der Waals surface area contributed by atoms with E-state index in [1.807, 2.05) is 42.5 Å². The summed E-state index contributed by atoms with van der Waals surface area (Å²) in [4.78, 5) is 12.0. The Labute approximate surface area is 175 Å². The molecule has 1 heterocycles. The number of hydrogen-bond donors (Lipinski definition) is 1. The van der Waals surface area contributed by atoms with Gasteiger partial charge in [-0.3, -0.25) is 4.79 Å². The van der Waals surface area contributed by atoms with E-state index >= 15 is 0 Å². The second kappa shape index (κ2) is 9.60. The number of para-hydroxylation sites is 1. The highest BCUT2D eigenvalue weighted by molar-refractivity contribution is 7.99. The molecule has 1 N–H and O–H groups in total. The van der Waals surface area contributed by atoms with Gasteiger partial charge in [0.2, 0.25) is 11.8 Å². The minimum Gasteiger partial charge on any atom is -0.492 e. The normalized spacial score (nSPS) is 11.3. The quantitative estimate of drug-likeness (QED) is 0.439. The average Bonchev–Trinajstić information content (AvgIpc) is 3.19. The molecule has 0 saturated heterocycles. The van der Waals surface area contributed by atoms with Crippen LogP contribution in [-0.4, -0.2) is 35.0 Å². The Balaban J connectivity index is 1.42. The molecule has 29 heavy (non-hydrogen) atoms. The zero-order valence-corrected chi connectivity index (χ0v) is 17.7. The smallest absolute Gasteiger partial charge is 0.277 e. The van der Waals surface area contributed by atoms with Crippen molar-refractivity contribution in [3.8, 4) is 17.2 Å². The van der Waals surface area contributed by atoms with Gasteiger partial charge in [-0.2, -0.15) is 0 Å². The molecule has 2 aromatic carbocycles. The van der Waals surface area contributed by atoms with E-state index in [1.165, 1.54) is 17.3 Å². The van der Waals surface area contributed by atoms with Crippen LogP contribution < -0.4 is 10.1 Å². The number of aromatic nitrogens is 2. The fourth-order valence-corrected chi connectivity index (χ4v) is 3.14. The van der Waals surface area contributed by atoms with Gasteiger partial charge in [0.15, 0.2) is 0 Å². The number of nitrogens with one attached hydrogen (secondary N) is 1. The molecule has 1 amide bonds. The van der Waals surface area contributed by atoms with Crippen LogP contribution in [0.5, 0.6) is 5.75 Å². The van der Waals surface area contributed by atoms with Crippen molar-refractivity contribution in [2.45, 2.75) is 31.4 Å². The minimum absolute atomic E-state index is 0.0912. The number of amides is 1. The van der Waals surface area contributed by atoms with Gasteiger partial charge in [-0.05, 0) is 35.2 Å². The molecule has 0 bridgehead atoms. The van der Waals surface area contributed by atoms with E-state index in [1.54, 1.807) is 0 Å². The summed E-state index contributed by atoms with van der Waals surface area (Å²) in [5.41, 5.74) is 2.19. The van der Waals surface area contributed by atoms with Crippen molar-refractivity contribution in [1.82, 2.24) is 15.5 Å². The van der Waals surface area contributed by atoms with Crippen LogP contribution in [0.15, 0.2) is 64.2 Å². The van der Waals surface area contributed by atoms with Crippen molar-refractivity contribution >= 4 is 17.7 Å². The zero-order valence-electron chi connectivity index (χ0n) is 16.8. The summed E-state index contributed by atoms with van der Waals surface area (Å²) in [6.45, 7) is 7.35. The monoisotopic (exact) mass is 411 g/mol. The molecule has 7 heteroatoms. The molecular weight excluding hydrogens is 386 g/mol. The van der Waals surface area contributed by atoms with Crippen LogP contribution in [0.1, 0.15) is 26.3 Å². The molecule has 0 saturated carbocycles. The fraction of sp³-hybridized carbons (Fsp3) is 0.318. The predicted molar refractivity (Wildman–Crippen MR) is 114 cm³/mol. The van der Waals surface area contributed by atoms with Gasteiger partial charge in [-0.1, -0.05) is 62.9 Å². The number of carbonyl (C=O) groups is 1. The van der Waals surface area contributed by atoms with E-state index in [0.717, 1.165) is 11.3 Å². The molecule has 0 unspecified atom stereocenters. The molecular formula is C22H25N3O3S. The Kier molecular flexibility index (Phi) is 6.93. The van der Waals surface area contributed by atoms with E-state index in [2.05, 4.69) is 48.4 Å². The van der Waals surface area contributed by atoms with Crippen molar-refractivity contribution < 1.29 is 13.9 Å². The van der Waals surface area contributed by atoms with Gasteiger partial charge >= 0.3 is 0 Å². The van der Waals surface area contributed by atoms with E-state index in [-0.39, 0.29) is 17.1 Å². The largest absolute Gasteiger partial charge is 0.492 e. The van der Waals surface area contributed by atoms with Crippen LogP contribution in [0.2, 0.25) is 0 Å². The van der Waals surface area contributed by atoms with Crippen LogP contribution in [0.25, 0.3) is 11.5 Å². The molecule has 0 radical (unpaired) electrons. The highest BCUT2D eigenvalue weighted by atomic mass is 32.2. The van der Waals surface area contributed by atoms with Gasteiger partial charge < -0.3 is 14.5 Å². The lowest BCUT2D eigenvalue weighted by atomic mass is 9.87. The summed E-state index contributed by atoms with van der Waals surface area (Å²) in [5, 5.41) is 11.3. The molecule has 0 aliphatic heterocycles. The van der Waals surface area contributed by atoms with Crippen LogP contribution >= 0.6 is 11.8 Å². The maximum atomic E-state index is 12.0. The number of nitrogens with zero attached hydrogens (tertiary/aromatic N) is 2. The Morgan fingerprint density at radius 2 is 1.79 bits per heavy atom. The maximum absolute atomic E-state index is 12.0. The van der Waals surface area contributed by atoms with Crippen molar-refractivity contribution in [3.05, 3.63) is 60.2 Å². The fourth-order valence-electron chi connectivity index (χ4n) is 2.55. The molecule has 0 atom stereocenters. The van der Waals surface area contributed by atoms with Gasteiger partial charge in [0.25, 0.3) is 5.22 Å². The summed E-state index contributed by atoms with van der Waals surface area (Å²) in [5.74, 6) is 1.33. The third kappa shape index (κ3) is 6.35. The second-order valence-electron chi connectivity index (χ2n) is 7.50. The number of thioether (sulfide) groups is 1. The molecule has 3 rings (SSSR count). The number of carbonyl (C=O) groups excluding carboxylic acids is 1. The van der Waals surface area contributed by atoms with Gasteiger partial charge in [0.05, 0.1) is 12.3 Å². The Morgan fingerprint density at radius 1 is 1.07 bits per heavy atom. The first-order chi connectivity index (χ1) is 13.9. The predicted octanol–water partition coefficient (Wildman–Crippen LogP) is 4.32. The highest BCUT2D eigenvalue weighted by Crippen LogP contribution is 2.27. The van der Waals surface area contributed by atoms with Gasteiger partial charge in [0, 0.05) is 5.56 Å². The zero-order chi connectivity index (χ0) is 20.7. The molecule has 0 aliphatic carbocycles. The third-order valence-electron chi connectivity index (χ3n) is 4.17. The number of benzene rings is 2. The van der Waals surface area contributed by atoms with Gasteiger partial charge in [0.1, 0.15) is 12.4 Å². The molecule has 152 valence electrons. The minimum atomic E-state index is -0.110. The summed E-state index contributed by atoms with van der Waals surface area (Å²) >= 11 is 1.21. The van der Waals surface area contributed by atoms with E-state index < -0.39 is 0 Å². The first-order valence-electron chi connectivity index (χ1n) is 9.43. The Hall–Kier alpha value is -2.80. The Bertz CT molecular complexity index is 918. The summed E-state index contributed by atoms with van der Waals surface area (Å²) in [7, 11) is 0. The Morgan fingerprint density at radius 3 is 2.48 bits per heavy atom. The standard InChI is InChI=1S/C22H25N3O3S/c1-22(2,3)17-11-9-16(10-12-17)20-24-25-21(28-20)29-15-19(26)23-13-14-27-18-7-5-4-6-8-18/h4-12H,13-15H2,1-3H3,(H,23,26). The molecule has 0 spiro atoms. The molecule has 1 aromatic heterocycles. The van der Waals surface area contributed by atoms with Crippen LogP contribution in [0, 0.1) is 0 Å². The lowest BCUT2D eigenvalue weighted by molar-refractivity contribution is -0.118. The maximum Gasteiger partial charge on any atom is 0.277 e. The van der Waals surface area contributed by atoms with Crippen LogP contribution in [0.3, 0.4) is 0 Å². The van der Waals surface area contributed by atoms with E-state index in [0.29, 0.717) is 24.3 Å². The second-order valence-corrected chi connectivity index (χ2v) is 8.43. The molecule has 0 fully saturated rings. The lowest BCUT2D eigenvalue weighted by Gasteiger charge is -2.18. The van der Waals surface area contributed by atoms with Gasteiger partial charge in [-0.25, -0.2) is 0 Å². The summed E-state index contributed by atoms with van der Waals surface area (Å²) < 4.78 is 11.2. The van der Waals surface area contributed by atoms with Crippen molar-refractivity contribution in [1.29, 1.82) is 0 Å². The van der Waals surface area contributed by atoms with Crippen LogP contribution in [-0.2, 0) is 10.2 Å². The number of hydrogen-bond acceptors (Lipinski definition) is 6. The molecule has 0 aliphatic rings. The third-order valence-corrected chi connectivity index (χ3v) is 4.99. The van der Waals surface area contributed by atoms with Gasteiger partial charge in [-0.15, -0.1) is 10.2 Å². The van der Waals surface area contributed by atoms with Crippen LogP contribution in [0.4, 0.5) is 0 Å². The number of ether oxygens (including phenoxy) is 1. The summed E-state index contributed by atoms with van der Waals surface area (Å²) in [6.07, 6.45) is 0. The SMILES string of the molecule is CC(C)(C)c1ccc(-c2nnc(SCC(=O)NCCOc3ccccc3)o2)cc1. The number of rotatable bonds is 8. The first kappa shape index (κ1) is 20.9. The molecule has 3 aromatic rings. The molecule has 6 nitrogen and oxygen atoms in total. The van der Waals surface area contributed by atoms with Crippen molar-refractivity contribution in [2.75, 3.05) is 18.9 Å². The summed E-state index contributed by atoms with van der Waals surface area (Å²) in [6, 6.07) is 17.6. The van der Waals surface area contributed by atoms with E-state index in [9.17, 15) is 4.79 Å². The lowest BCUT2D eigenvalue weighted by Crippen LogP contribution is -2.29.